The highest BCUT2D eigenvalue weighted by molar-refractivity contribution is 5.63. The van der Waals surface area contributed by atoms with E-state index in [1.165, 1.54) is 6.07 Å². The van der Waals surface area contributed by atoms with Crippen LogP contribution in [0.2, 0.25) is 0 Å². The molecule has 2 heterocycles. The first kappa shape index (κ1) is 16.1. The number of hydrogen-bond donors (Lipinski definition) is 2. The summed E-state index contributed by atoms with van der Waals surface area (Å²) in [5.41, 5.74) is 1.82. The summed E-state index contributed by atoms with van der Waals surface area (Å²) < 4.78 is 37.0. The number of benzene rings is 2. The summed E-state index contributed by atoms with van der Waals surface area (Å²) in [5, 5.41) is 6.03. The smallest absolute Gasteiger partial charge is 0.231 e. The van der Waals surface area contributed by atoms with Gasteiger partial charge < -0.3 is 20.1 Å². The van der Waals surface area contributed by atoms with Crippen LogP contribution >= 0.6 is 0 Å². The van der Waals surface area contributed by atoms with E-state index < -0.39 is 11.6 Å². The Kier molecular flexibility index (Phi) is 4.00. The zero-order valence-corrected chi connectivity index (χ0v) is 13.7. The molecule has 1 aliphatic rings. The van der Waals surface area contributed by atoms with Crippen LogP contribution in [0.25, 0.3) is 0 Å². The second-order valence-electron chi connectivity index (χ2n) is 5.67. The first-order valence-electron chi connectivity index (χ1n) is 7.81. The topological polar surface area (TPSA) is 68.3 Å². The van der Waals surface area contributed by atoms with Gasteiger partial charge in [-0.05, 0) is 31.2 Å². The highest BCUT2D eigenvalue weighted by Gasteiger charge is 2.14. The van der Waals surface area contributed by atoms with Crippen LogP contribution in [0.5, 0.6) is 11.5 Å². The van der Waals surface area contributed by atoms with E-state index in [2.05, 4.69) is 20.6 Å². The average Bonchev–Trinajstić information content (AvgIpc) is 3.05. The molecule has 6 nitrogen and oxygen atoms in total. The summed E-state index contributed by atoms with van der Waals surface area (Å²) in [4.78, 5) is 8.68. The molecule has 0 radical (unpaired) electrons. The van der Waals surface area contributed by atoms with E-state index >= 15 is 0 Å². The van der Waals surface area contributed by atoms with Crippen LogP contribution < -0.4 is 20.1 Å². The second-order valence-corrected chi connectivity index (χ2v) is 5.67. The van der Waals surface area contributed by atoms with Crippen LogP contribution in [0, 0.1) is 18.6 Å². The molecule has 0 atom stereocenters. The van der Waals surface area contributed by atoms with Crippen molar-refractivity contribution in [3.8, 4) is 11.5 Å². The lowest BCUT2D eigenvalue weighted by atomic mass is 10.3. The van der Waals surface area contributed by atoms with Gasteiger partial charge in [-0.25, -0.2) is 13.8 Å². The van der Waals surface area contributed by atoms with Gasteiger partial charge in [0.25, 0.3) is 0 Å². The van der Waals surface area contributed by atoms with Crippen molar-refractivity contribution in [2.45, 2.75) is 6.92 Å². The van der Waals surface area contributed by atoms with Gasteiger partial charge in [-0.2, -0.15) is 4.98 Å². The van der Waals surface area contributed by atoms with E-state index in [1.807, 2.05) is 13.0 Å². The maximum atomic E-state index is 13.4. The molecule has 26 heavy (non-hydrogen) atoms. The SMILES string of the molecule is Cc1cc(Nc2ccc(F)c(F)c2)nc(Nc2ccc3c(c2)OCO3)n1. The largest absolute Gasteiger partial charge is 0.454 e. The fourth-order valence-corrected chi connectivity index (χ4v) is 2.51. The molecule has 2 aromatic carbocycles. The molecule has 0 bridgehead atoms. The molecular formula is C18H14F2N4O2. The molecule has 1 aliphatic heterocycles. The molecule has 0 saturated carbocycles. The Morgan fingerprint density at radius 3 is 2.46 bits per heavy atom. The molecular weight excluding hydrogens is 342 g/mol. The molecule has 2 N–H and O–H groups in total. The molecule has 4 rings (SSSR count). The highest BCUT2D eigenvalue weighted by Crippen LogP contribution is 2.34. The fourth-order valence-electron chi connectivity index (χ4n) is 2.51. The fraction of sp³-hybridized carbons (Fsp3) is 0.111. The third-order valence-electron chi connectivity index (χ3n) is 3.67. The van der Waals surface area contributed by atoms with Gasteiger partial charge in [-0.1, -0.05) is 0 Å². The Morgan fingerprint density at radius 2 is 1.62 bits per heavy atom. The number of aryl methyl sites for hydroxylation is 1. The van der Waals surface area contributed by atoms with Crippen molar-refractivity contribution < 1.29 is 18.3 Å². The van der Waals surface area contributed by atoms with E-state index in [1.54, 1.807) is 18.2 Å². The molecule has 1 aromatic heterocycles. The first-order chi connectivity index (χ1) is 12.6. The first-order valence-corrected chi connectivity index (χ1v) is 7.81. The average molecular weight is 356 g/mol. The van der Waals surface area contributed by atoms with Crippen molar-refractivity contribution in [3.05, 3.63) is 59.8 Å². The van der Waals surface area contributed by atoms with E-state index in [4.69, 9.17) is 9.47 Å². The molecule has 0 spiro atoms. The number of hydrogen-bond acceptors (Lipinski definition) is 6. The third kappa shape index (κ3) is 3.34. The minimum atomic E-state index is -0.931. The van der Waals surface area contributed by atoms with Crippen molar-refractivity contribution in [2.75, 3.05) is 17.4 Å². The van der Waals surface area contributed by atoms with Crippen molar-refractivity contribution >= 4 is 23.1 Å². The van der Waals surface area contributed by atoms with Crippen LogP contribution in [-0.2, 0) is 0 Å². The molecule has 132 valence electrons. The van der Waals surface area contributed by atoms with Gasteiger partial charge in [0.15, 0.2) is 23.1 Å². The number of halogens is 2. The van der Waals surface area contributed by atoms with Gasteiger partial charge in [0, 0.05) is 35.3 Å². The van der Waals surface area contributed by atoms with Crippen LogP contribution in [0.15, 0.2) is 42.5 Å². The molecule has 0 fully saturated rings. The summed E-state index contributed by atoms with van der Waals surface area (Å²) in [6, 6.07) is 10.7. The minimum Gasteiger partial charge on any atom is -0.454 e. The molecule has 0 unspecified atom stereocenters. The van der Waals surface area contributed by atoms with Crippen molar-refractivity contribution in [2.24, 2.45) is 0 Å². The molecule has 0 saturated heterocycles. The number of nitrogens with zero attached hydrogens (tertiary/aromatic N) is 2. The summed E-state index contributed by atoms with van der Waals surface area (Å²) in [7, 11) is 0. The quantitative estimate of drug-likeness (QED) is 0.727. The lowest BCUT2D eigenvalue weighted by Crippen LogP contribution is -2.02. The number of fused-ring (bicyclic) bond motifs is 1. The minimum absolute atomic E-state index is 0.196. The molecule has 3 aromatic rings. The predicted octanol–water partition coefficient (Wildman–Crippen LogP) is 4.28. The van der Waals surface area contributed by atoms with Crippen LogP contribution in [0.3, 0.4) is 0 Å². The summed E-state index contributed by atoms with van der Waals surface area (Å²) >= 11 is 0. The zero-order valence-electron chi connectivity index (χ0n) is 13.7. The summed E-state index contributed by atoms with van der Waals surface area (Å²) in [6.07, 6.45) is 0. The number of anilines is 4. The number of ether oxygens (including phenoxy) is 2. The summed E-state index contributed by atoms with van der Waals surface area (Å²) in [6.45, 7) is 2.00. The van der Waals surface area contributed by atoms with Gasteiger partial charge in [0.2, 0.25) is 12.7 Å². The van der Waals surface area contributed by atoms with Gasteiger partial charge >= 0.3 is 0 Å². The summed E-state index contributed by atoms with van der Waals surface area (Å²) in [5.74, 6) is 0.295. The monoisotopic (exact) mass is 356 g/mol. The van der Waals surface area contributed by atoms with Crippen molar-refractivity contribution in [3.63, 3.8) is 0 Å². The van der Waals surface area contributed by atoms with Gasteiger partial charge in [-0.3, -0.25) is 0 Å². The highest BCUT2D eigenvalue weighted by atomic mass is 19.2. The Hall–Kier alpha value is -3.42. The van der Waals surface area contributed by atoms with E-state index in [0.717, 1.165) is 17.8 Å². The van der Waals surface area contributed by atoms with E-state index in [0.29, 0.717) is 34.6 Å². The Labute approximate surface area is 147 Å². The Balaban J connectivity index is 1.56. The van der Waals surface area contributed by atoms with E-state index in [-0.39, 0.29) is 6.79 Å². The Morgan fingerprint density at radius 1 is 0.846 bits per heavy atom. The van der Waals surface area contributed by atoms with Crippen molar-refractivity contribution in [1.82, 2.24) is 9.97 Å². The Bertz CT molecular complexity index is 981. The maximum Gasteiger partial charge on any atom is 0.231 e. The van der Waals surface area contributed by atoms with Crippen molar-refractivity contribution in [1.29, 1.82) is 0 Å². The molecule has 0 amide bonds. The third-order valence-corrected chi connectivity index (χ3v) is 3.67. The zero-order chi connectivity index (χ0) is 18.1. The van der Waals surface area contributed by atoms with Gasteiger partial charge in [0.1, 0.15) is 5.82 Å². The lowest BCUT2D eigenvalue weighted by Gasteiger charge is -2.10. The number of rotatable bonds is 4. The number of aromatic nitrogens is 2. The van der Waals surface area contributed by atoms with Gasteiger partial charge in [-0.15, -0.1) is 0 Å². The second kappa shape index (κ2) is 6.47. The van der Waals surface area contributed by atoms with E-state index in [9.17, 15) is 8.78 Å². The standard InChI is InChI=1S/C18H14F2N4O2/c1-10-6-17(22-11-2-4-13(19)14(20)7-11)24-18(21-10)23-12-3-5-15-16(8-12)26-9-25-15/h2-8H,9H2,1H3,(H2,21,22,23,24). The van der Waals surface area contributed by atoms with Crippen LogP contribution in [0.4, 0.5) is 31.9 Å². The molecule has 0 aliphatic carbocycles. The predicted molar refractivity (Wildman–Crippen MR) is 92.3 cm³/mol. The lowest BCUT2D eigenvalue weighted by molar-refractivity contribution is 0.174. The van der Waals surface area contributed by atoms with Crippen LogP contribution in [0.1, 0.15) is 5.69 Å². The van der Waals surface area contributed by atoms with Gasteiger partial charge in [0.05, 0.1) is 0 Å². The maximum absolute atomic E-state index is 13.4. The number of nitrogens with one attached hydrogen (secondary N) is 2. The van der Waals surface area contributed by atoms with Crippen LogP contribution in [-0.4, -0.2) is 16.8 Å². The normalized spacial score (nSPS) is 12.1. The molecule has 8 heteroatoms.